The Bertz CT molecular complexity index is 724. The van der Waals surface area contributed by atoms with Crippen LogP contribution in [0.2, 0.25) is 5.02 Å². The summed E-state index contributed by atoms with van der Waals surface area (Å²) in [6.45, 7) is 2.60. The van der Waals surface area contributed by atoms with Crippen LogP contribution >= 0.6 is 22.9 Å². The topological polar surface area (TPSA) is 55.4 Å². The van der Waals surface area contributed by atoms with Crippen molar-refractivity contribution in [1.82, 2.24) is 5.32 Å². The van der Waals surface area contributed by atoms with Gasteiger partial charge >= 0.3 is 5.97 Å². The molecule has 1 N–H and O–H groups in total. The molecule has 0 atom stereocenters. The number of thiophene rings is 1. The fourth-order valence-electron chi connectivity index (χ4n) is 1.93. The van der Waals surface area contributed by atoms with Gasteiger partial charge in [-0.05, 0) is 18.6 Å². The van der Waals surface area contributed by atoms with Gasteiger partial charge in [0, 0.05) is 27.6 Å². The second-order valence-corrected chi connectivity index (χ2v) is 6.33. The van der Waals surface area contributed by atoms with E-state index in [0.717, 1.165) is 21.4 Å². The molecule has 2 aromatic rings. The second-order valence-electron chi connectivity index (χ2n) is 4.87. The van der Waals surface area contributed by atoms with Gasteiger partial charge in [-0.2, -0.15) is 0 Å². The maximum atomic E-state index is 11.7. The highest BCUT2D eigenvalue weighted by Crippen LogP contribution is 2.35. The van der Waals surface area contributed by atoms with E-state index in [4.69, 9.17) is 16.3 Å². The zero-order chi connectivity index (χ0) is 16.7. The maximum Gasteiger partial charge on any atom is 0.307 e. The van der Waals surface area contributed by atoms with Crippen molar-refractivity contribution < 1.29 is 14.3 Å². The number of carbonyl (C=O) groups is 2. The van der Waals surface area contributed by atoms with Crippen LogP contribution in [0.4, 0.5) is 0 Å². The number of rotatable bonds is 7. The summed E-state index contributed by atoms with van der Waals surface area (Å²) in [5.41, 5.74) is 0. The number of amides is 1. The first kappa shape index (κ1) is 17.5. The number of halogens is 1. The lowest BCUT2D eigenvalue weighted by Crippen LogP contribution is -2.24. The number of esters is 1. The fraction of sp³-hybridized carbons (Fsp3) is 0.294. The molecule has 0 spiro atoms. The van der Waals surface area contributed by atoms with E-state index in [-0.39, 0.29) is 24.8 Å². The molecule has 0 saturated heterocycles. The summed E-state index contributed by atoms with van der Waals surface area (Å²) in [4.78, 5) is 23.9. The standard InChI is InChI=1S/C17H18ClNO3S/c1-2-11-22-16(21)9-10-19-15(20)8-7-14-17(18)12-5-3-4-6-13(12)23-14/h3-8H,2,9-11H2,1H3,(H,19,20). The van der Waals surface area contributed by atoms with E-state index >= 15 is 0 Å². The second kappa shape index (κ2) is 8.70. The van der Waals surface area contributed by atoms with Gasteiger partial charge < -0.3 is 10.1 Å². The lowest BCUT2D eigenvalue weighted by Gasteiger charge is -2.03. The van der Waals surface area contributed by atoms with Crippen LogP contribution in [0.5, 0.6) is 0 Å². The van der Waals surface area contributed by atoms with E-state index in [1.165, 1.54) is 17.4 Å². The molecule has 0 aliphatic rings. The molecule has 1 aromatic heterocycles. The molecule has 2 rings (SSSR count). The van der Waals surface area contributed by atoms with E-state index in [0.29, 0.717) is 11.6 Å². The predicted octanol–water partition coefficient (Wildman–Crippen LogP) is 4.03. The molecule has 122 valence electrons. The maximum absolute atomic E-state index is 11.7. The van der Waals surface area contributed by atoms with Crippen LogP contribution < -0.4 is 5.32 Å². The summed E-state index contributed by atoms with van der Waals surface area (Å²) in [5, 5.41) is 4.28. The molecular formula is C17H18ClNO3S. The van der Waals surface area contributed by atoms with Gasteiger partial charge in [0.05, 0.1) is 18.1 Å². The first-order valence-electron chi connectivity index (χ1n) is 7.40. The molecule has 0 bridgehead atoms. The molecule has 1 heterocycles. The van der Waals surface area contributed by atoms with Gasteiger partial charge in [-0.25, -0.2) is 0 Å². The SMILES string of the molecule is CCCOC(=O)CCNC(=O)C=Cc1sc2ccccc2c1Cl. The average molecular weight is 352 g/mol. The third-order valence-corrected chi connectivity index (χ3v) is 4.70. The van der Waals surface area contributed by atoms with E-state index in [2.05, 4.69) is 5.32 Å². The Kier molecular flexibility index (Phi) is 6.62. The summed E-state index contributed by atoms with van der Waals surface area (Å²) in [6, 6.07) is 7.82. The van der Waals surface area contributed by atoms with Crippen LogP contribution in [0.15, 0.2) is 30.3 Å². The van der Waals surface area contributed by atoms with Gasteiger partial charge in [0.25, 0.3) is 0 Å². The summed E-state index contributed by atoms with van der Waals surface area (Å²) >= 11 is 7.83. The Balaban J connectivity index is 1.85. The minimum absolute atomic E-state index is 0.170. The number of hydrogen-bond acceptors (Lipinski definition) is 4. The Labute approximate surface area is 144 Å². The van der Waals surface area contributed by atoms with Crippen LogP contribution in [0.3, 0.4) is 0 Å². The number of fused-ring (bicyclic) bond motifs is 1. The monoisotopic (exact) mass is 351 g/mol. The predicted molar refractivity (Wildman–Crippen MR) is 94.7 cm³/mol. The van der Waals surface area contributed by atoms with Gasteiger partial charge in [0.15, 0.2) is 0 Å². The first-order valence-corrected chi connectivity index (χ1v) is 8.59. The van der Waals surface area contributed by atoms with Crippen LogP contribution in [-0.4, -0.2) is 25.0 Å². The molecule has 1 aromatic carbocycles. The largest absolute Gasteiger partial charge is 0.466 e. The van der Waals surface area contributed by atoms with Gasteiger partial charge in [-0.3, -0.25) is 9.59 Å². The molecule has 0 aliphatic carbocycles. The van der Waals surface area contributed by atoms with Gasteiger partial charge in [0.2, 0.25) is 5.91 Å². The van der Waals surface area contributed by atoms with E-state index in [9.17, 15) is 9.59 Å². The highest BCUT2D eigenvalue weighted by Gasteiger charge is 2.08. The highest BCUT2D eigenvalue weighted by molar-refractivity contribution is 7.20. The third-order valence-electron chi connectivity index (χ3n) is 3.04. The van der Waals surface area contributed by atoms with E-state index in [1.54, 1.807) is 6.08 Å². The number of ether oxygens (including phenoxy) is 1. The van der Waals surface area contributed by atoms with Gasteiger partial charge in [-0.15, -0.1) is 11.3 Å². The smallest absolute Gasteiger partial charge is 0.307 e. The summed E-state index contributed by atoms with van der Waals surface area (Å²) in [6.07, 6.45) is 4.08. The van der Waals surface area contributed by atoms with Crippen molar-refractivity contribution in [2.24, 2.45) is 0 Å². The van der Waals surface area contributed by atoms with Gasteiger partial charge in [-0.1, -0.05) is 36.7 Å². The van der Waals surface area contributed by atoms with E-state index in [1.807, 2.05) is 31.2 Å². The van der Waals surface area contributed by atoms with Gasteiger partial charge in [0.1, 0.15) is 0 Å². The minimum Gasteiger partial charge on any atom is -0.466 e. The van der Waals surface area contributed by atoms with Crippen molar-refractivity contribution in [2.75, 3.05) is 13.2 Å². The van der Waals surface area contributed by atoms with Crippen molar-refractivity contribution in [3.8, 4) is 0 Å². The lowest BCUT2D eigenvalue weighted by molar-refractivity contribution is -0.143. The van der Waals surface area contributed by atoms with Crippen LogP contribution in [-0.2, 0) is 14.3 Å². The van der Waals surface area contributed by atoms with E-state index < -0.39 is 0 Å². The highest BCUT2D eigenvalue weighted by atomic mass is 35.5. The average Bonchev–Trinajstić information content (AvgIpc) is 2.87. The normalized spacial score (nSPS) is 11.0. The molecule has 0 aliphatic heterocycles. The number of benzene rings is 1. The Morgan fingerprint density at radius 3 is 2.87 bits per heavy atom. The number of hydrogen-bond donors (Lipinski definition) is 1. The Hall–Kier alpha value is -1.85. The molecule has 0 saturated carbocycles. The number of carbonyl (C=O) groups excluding carboxylic acids is 2. The molecule has 0 unspecified atom stereocenters. The summed E-state index contributed by atoms with van der Waals surface area (Å²) in [5.74, 6) is -0.564. The molecule has 1 amide bonds. The van der Waals surface area contributed by atoms with Crippen molar-refractivity contribution in [3.63, 3.8) is 0 Å². The zero-order valence-corrected chi connectivity index (χ0v) is 14.4. The quantitative estimate of drug-likeness (QED) is 0.605. The molecule has 0 radical (unpaired) electrons. The van der Waals surface area contributed by atoms with Crippen molar-refractivity contribution in [1.29, 1.82) is 0 Å². The third kappa shape index (κ3) is 5.08. The molecule has 6 heteroatoms. The molecule has 0 fully saturated rings. The molecule has 4 nitrogen and oxygen atoms in total. The van der Waals surface area contributed by atoms with Crippen LogP contribution in [0, 0.1) is 0 Å². The van der Waals surface area contributed by atoms with Crippen molar-refractivity contribution in [3.05, 3.63) is 40.2 Å². The minimum atomic E-state index is -0.302. The number of nitrogens with one attached hydrogen (secondary N) is 1. The first-order chi connectivity index (χ1) is 11.1. The van der Waals surface area contributed by atoms with Crippen molar-refractivity contribution in [2.45, 2.75) is 19.8 Å². The molecule has 23 heavy (non-hydrogen) atoms. The van der Waals surface area contributed by atoms with Crippen LogP contribution in [0.1, 0.15) is 24.6 Å². The molecular weight excluding hydrogens is 334 g/mol. The summed E-state index contributed by atoms with van der Waals surface area (Å²) < 4.78 is 6.01. The zero-order valence-electron chi connectivity index (χ0n) is 12.8. The van der Waals surface area contributed by atoms with Crippen molar-refractivity contribution >= 4 is 51.0 Å². The fourth-order valence-corrected chi connectivity index (χ4v) is 3.33. The van der Waals surface area contributed by atoms with Crippen LogP contribution in [0.25, 0.3) is 16.2 Å². The Morgan fingerprint density at radius 2 is 2.13 bits per heavy atom. The summed E-state index contributed by atoms with van der Waals surface area (Å²) in [7, 11) is 0. The lowest BCUT2D eigenvalue weighted by atomic mass is 10.2. The Morgan fingerprint density at radius 1 is 1.35 bits per heavy atom.